The number of allylic oxidation sites excluding steroid dienone is 1. The summed E-state index contributed by atoms with van der Waals surface area (Å²) in [6, 6.07) is 0. The molecule has 0 heterocycles. The van der Waals surface area contributed by atoms with E-state index in [2.05, 4.69) is 6.58 Å². The fourth-order valence-corrected chi connectivity index (χ4v) is 0.874. The Balaban J connectivity index is 3.51. The lowest BCUT2D eigenvalue weighted by Crippen LogP contribution is -2.14. The van der Waals surface area contributed by atoms with Crippen molar-refractivity contribution in [1.29, 1.82) is 0 Å². The van der Waals surface area contributed by atoms with Gasteiger partial charge < -0.3 is 0 Å². The van der Waals surface area contributed by atoms with E-state index in [1.54, 1.807) is 6.08 Å². The fourth-order valence-electron chi connectivity index (χ4n) is 0.874. The molecule has 0 bridgehead atoms. The van der Waals surface area contributed by atoms with Crippen LogP contribution in [0.1, 0.15) is 39.0 Å². The smallest absolute Gasteiger partial charge is 0.207 e. The number of rotatable bonds is 6. The summed E-state index contributed by atoms with van der Waals surface area (Å²) in [5, 5.41) is 0. The van der Waals surface area contributed by atoms with Crippen molar-refractivity contribution in [2.45, 2.75) is 45.0 Å². The maximum Gasteiger partial charge on any atom is 0.248 e. The Morgan fingerprint density at radius 2 is 2.00 bits per heavy atom. The Labute approximate surface area is 67.3 Å². The highest BCUT2D eigenvalue weighted by atomic mass is 19.3. The highest BCUT2D eigenvalue weighted by molar-refractivity contribution is 4.73. The molecule has 0 aliphatic heterocycles. The van der Waals surface area contributed by atoms with Gasteiger partial charge in [0.2, 0.25) is 5.92 Å². The summed E-state index contributed by atoms with van der Waals surface area (Å²) in [6.07, 6.45) is 3.39. The van der Waals surface area contributed by atoms with Gasteiger partial charge in [0.25, 0.3) is 0 Å². The minimum atomic E-state index is -2.47. The van der Waals surface area contributed by atoms with Crippen LogP contribution in [0.5, 0.6) is 0 Å². The van der Waals surface area contributed by atoms with Crippen molar-refractivity contribution in [3.63, 3.8) is 0 Å². The van der Waals surface area contributed by atoms with Gasteiger partial charge in [-0.2, -0.15) is 0 Å². The molecule has 0 atom stereocenters. The molecule has 0 aromatic rings. The SMILES string of the molecule is C=CCCC(F)(F)CCCC. The molecule has 0 saturated heterocycles. The van der Waals surface area contributed by atoms with Crippen molar-refractivity contribution in [2.24, 2.45) is 0 Å². The van der Waals surface area contributed by atoms with E-state index in [0.29, 0.717) is 12.8 Å². The lowest BCUT2D eigenvalue weighted by atomic mass is 10.1. The zero-order valence-electron chi connectivity index (χ0n) is 7.08. The van der Waals surface area contributed by atoms with E-state index in [0.717, 1.165) is 6.42 Å². The summed E-state index contributed by atoms with van der Waals surface area (Å²) in [4.78, 5) is 0. The molecule has 0 spiro atoms. The van der Waals surface area contributed by atoms with Gasteiger partial charge in [0.05, 0.1) is 0 Å². The molecule has 0 amide bonds. The van der Waals surface area contributed by atoms with Crippen LogP contribution in [0.15, 0.2) is 12.7 Å². The van der Waals surface area contributed by atoms with Gasteiger partial charge in [-0.25, -0.2) is 8.78 Å². The summed E-state index contributed by atoms with van der Waals surface area (Å²) in [5.74, 6) is -2.47. The highest BCUT2D eigenvalue weighted by Crippen LogP contribution is 2.26. The Bertz CT molecular complexity index is 108. The average molecular weight is 162 g/mol. The zero-order chi connectivity index (χ0) is 8.74. The first-order valence-electron chi connectivity index (χ1n) is 4.11. The lowest BCUT2D eigenvalue weighted by Gasteiger charge is -2.13. The highest BCUT2D eigenvalue weighted by Gasteiger charge is 2.26. The molecule has 11 heavy (non-hydrogen) atoms. The van der Waals surface area contributed by atoms with Crippen LogP contribution in [0.25, 0.3) is 0 Å². The van der Waals surface area contributed by atoms with Gasteiger partial charge in [0.1, 0.15) is 0 Å². The molecule has 66 valence electrons. The Kier molecular flexibility index (Phi) is 5.08. The average Bonchev–Trinajstić information content (AvgIpc) is 1.97. The summed E-state index contributed by atoms with van der Waals surface area (Å²) in [7, 11) is 0. The van der Waals surface area contributed by atoms with Crippen molar-refractivity contribution in [3.05, 3.63) is 12.7 Å². The molecular formula is C9H16F2. The van der Waals surface area contributed by atoms with Gasteiger partial charge in [-0.3, -0.25) is 0 Å². The van der Waals surface area contributed by atoms with Gasteiger partial charge >= 0.3 is 0 Å². The van der Waals surface area contributed by atoms with E-state index in [9.17, 15) is 8.78 Å². The second-order valence-electron chi connectivity index (χ2n) is 2.79. The molecule has 0 aromatic carbocycles. The molecule has 2 heteroatoms. The molecule has 0 saturated carbocycles. The third kappa shape index (κ3) is 6.02. The number of hydrogen-bond donors (Lipinski definition) is 0. The maximum atomic E-state index is 12.8. The zero-order valence-corrected chi connectivity index (χ0v) is 7.08. The van der Waals surface area contributed by atoms with Crippen LogP contribution in [-0.4, -0.2) is 5.92 Å². The maximum absolute atomic E-state index is 12.8. The molecule has 0 unspecified atom stereocenters. The molecule has 0 aliphatic rings. The van der Waals surface area contributed by atoms with E-state index >= 15 is 0 Å². The first-order chi connectivity index (χ1) is 5.12. The van der Waals surface area contributed by atoms with Crippen LogP contribution < -0.4 is 0 Å². The quantitative estimate of drug-likeness (QED) is 0.521. The van der Waals surface area contributed by atoms with Crippen molar-refractivity contribution < 1.29 is 8.78 Å². The summed E-state index contributed by atoms with van der Waals surface area (Å²) >= 11 is 0. The summed E-state index contributed by atoms with van der Waals surface area (Å²) < 4.78 is 25.5. The summed E-state index contributed by atoms with van der Waals surface area (Å²) in [5.41, 5.74) is 0. The number of hydrogen-bond acceptors (Lipinski definition) is 0. The topological polar surface area (TPSA) is 0 Å². The molecule has 0 nitrogen and oxygen atoms in total. The third-order valence-electron chi connectivity index (χ3n) is 1.61. The monoisotopic (exact) mass is 162 g/mol. The molecule has 0 radical (unpaired) electrons. The fraction of sp³-hybridized carbons (Fsp3) is 0.778. The number of alkyl halides is 2. The molecular weight excluding hydrogens is 146 g/mol. The van der Waals surface area contributed by atoms with Crippen molar-refractivity contribution in [2.75, 3.05) is 0 Å². The molecule has 0 rings (SSSR count). The Hall–Kier alpha value is -0.400. The van der Waals surface area contributed by atoms with Gasteiger partial charge in [-0.15, -0.1) is 6.58 Å². The Morgan fingerprint density at radius 1 is 1.36 bits per heavy atom. The number of halogens is 2. The standard InChI is InChI=1S/C9H16F2/c1-3-5-7-9(10,11)8-6-4-2/h3H,1,4-8H2,2H3. The first-order valence-corrected chi connectivity index (χ1v) is 4.11. The first kappa shape index (κ1) is 10.6. The van der Waals surface area contributed by atoms with Crippen LogP contribution in [0.2, 0.25) is 0 Å². The summed E-state index contributed by atoms with van der Waals surface area (Å²) in [6.45, 7) is 5.33. The van der Waals surface area contributed by atoms with Crippen LogP contribution in [0.3, 0.4) is 0 Å². The van der Waals surface area contributed by atoms with Crippen LogP contribution in [0.4, 0.5) is 8.78 Å². The van der Waals surface area contributed by atoms with Gasteiger partial charge in [-0.1, -0.05) is 19.4 Å². The third-order valence-corrected chi connectivity index (χ3v) is 1.61. The predicted molar refractivity (Wildman–Crippen MR) is 43.9 cm³/mol. The minimum Gasteiger partial charge on any atom is -0.207 e. The normalized spacial score (nSPS) is 11.5. The second kappa shape index (κ2) is 5.28. The van der Waals surface area contributed by atoms with E-state index in [4.69, 9.17) is 0 Å². The van der Waals surface area contributed by atoms with Gasteiger partial charge in [-0.05, 0) is 12.8 Å². The van der Waals surface area contributed by atoms with Crippen LogP contribution >= 0.6 is 0 Å². The van der Waals surface area contributed by atoms with Crippen molar-refractivity contribution >= 4 is 0 Å². The molecule has 0 aliphatic carbocycles. The van der Waals surface area contributed by atoms with E-state index < -0.39 is 5.92 Å². The van der Waals surface area contributed by atoms with E-state index in [1.807, 2.05) is 6.92 Å². The largest absolute Gasteiger partial charge is 0.248 e. The molecule has 0 fully saturated rings. The van der Waals surface area contributed by atoms with Crippen LogP contribution in [-0.2, 0) is 0 Å². The Morgan fingerprint density at radius 3 is 2.45 bits per heavy atom. The van der Waals surface area contributed by atoms with E-state index in [-0.39, 0.29) is 12.8 Å². The van der Waals surface area contributed by atoms with Gasteiger partial charge in [0, 0.05) is 12.8 Å². The van der Waals surface area contributed by atoms with E-state index in [1.165, 1.54) is 0 Å². The van der Waals surface area contributed by atoms with Crippen molar-refractivity contribution in [1.82, 2.24) is 0 Å². The van der Waals surface area contributed by atoms with Crippen LogP contribution in [0, 0.1) is 0 Å². The van der Waals surface area contributed by atoms with Gasteiger partial charge in [0.15, 0.2) is 0 Å². The second-order valence-corrected chi connectivity index (χ2v) is 2.79. The molecule has 0 aromatic heterocycles. The molecule has 0 N–H and O–H groups in total. The predicted octanol–water partition coefficient (Wildman–Crippen LogP) is 3.78. The number of unbranched alkanes of at least 4 members (excludes halogenated alkanes) is 1. The van der Waals surface area contributed by atoms with Crippen molar-refractivity contribution in [3.8, 4) is 0 Å². The lowest BCUT2D eigenvalue weighted by molar-refractivity contribution is -0.0170. The minimum absolute atomic E-state index is 0.0251.